The minimum Gasteiger partial charge on any atom is -0.361 e. The lowest BCUT2D eigenvalue weighted by molar-refractivity contribution is 1.20. The fourth-order valence-electron chi connectivity index (χ4n) is 2.37. The van der Waals surface area contributed by atoms with Gasteiger partial charge in [0, 0.05) is 40.7 Å². The lowest BCUT2D eigenvalue weighted by Crippen LogP contribution is -1.96. The van der Waals surface area contributed by atoms with Crippen LogP contribution in [0.5, 0.6) is 0 Å². The summed E-state index contributed by atoms with van der Waals surface area (Å²) in [6.07, 6.45) is 8.88. The highest BCUT2D eigenvalue weighted by Crippen LogP contribution is 2.22. The second kappa shape index (κ2) is 5.29. The standard InChI is InChI=1S/C17H13N5/c1-2-15-13(5-8-20-15)9-14(1)21-17-11-19-10-16(22-17)12-3-6-18-7-4-12/h1-11,20H,(H,21,22). The first-order valence-corrected chi connectivity index (χ1v) is 6.95. The molecule has 0 radical (unpaired) electrons. The third kappa shape index (κ3) is 2.40. The van der Waals surface area contributed by atoms with E-state index >= 15 is 0 Å². The van der Waals surface area contributed by atoms with Crippen molar-refractivity contribution in [2.24, 2.45) is 0 Å². The number of aromatic amines is 1. The molecule has 0 aliphatic carbocycles. The quantitative estimate of drug-likeness (QED) is 0.602. The highest BCUT2D eigenvalue weighted by atomic mass is 15.0. The van der Waals surface area contributed by atoms with Gasteiger partial charge < -0.3 is 10.3 Å². The number of pyridine rings is 1. The number of hydrogen-bond donors (Lipinski definition) is 2. The lowest BCUT2D eigenvalue weighted by Gasteiger charge is -2.07. The van der Waals surface area contributed by atoms with Crippen LogP contribution in [0.25, 0.3) is 22.2 Å². The smallest absolute Gasteiger partial charge is 0.149 e. The van der Waals surface area contributed by atoms with E-state index < -0.39 is 0 Å². The van der Waals surface area contributed by atoms with E-state index in [1.54, 1.807) is 24.8 Å². The lowest BCUT2D eigenvalue weighted by atomic mass is 10.2. The maximum absolute atomic E-state index is 4.60. The first-order valence-electron chi connectivity index (χ1n) is 6.95. The summed E-state index contributed by atoms with van der Waals surface area (Å²) >= 11 is 0. The summed E-state index contributed by atoms with van der Waals surface area (Å²) in [6.45, 7) is 0. The van der Waals surface area contributed by atoms with Crippen molar-refractivity contribution in [3.05, 3.63) is 67.4 Å². The van der Waals surface area contributed by atoms with Crippen LogP contribution in [-0.2, 0) is 0 Å². The van der Waals surface area contributed by atoms with E-state index in [4.69, 9.17) is 0 Å². The van der Waals surface area contributed by atoms with Crippen LogP contribution in [0.3, 0.4) is 0 Å². The molecule has 0 spiro atoms. The molecule has 0 bridgehead atoms. The van der Waals surface area contributed by atoms with Gasteiger partial charge in [0.15, 0.2) is 0 Å². The van der Waals surface area contributed by atoms with Crippen LogP contribution >= 0.6 is 0 Å². The highest BCUT2D eigenvalue weighted by Gasteiger charge is 2.03. The van der Waals surface area contributed by atoms with Crippen molar-refractivity contribution in [1.29, 1.82) is 0 Å². The molecule has 3 heterocycles. The van der Waals surface area contributed by atoms with Gasteiger partial charge >= 0.3 is 0 Å². The molecule has 0 saturated heterocycles. The molecular formula is C17H13N5. The van der Waals surface area contributed by atoms with Gasteiger partial charge in [0.2, 0.25) is 0 Å². The predicted octanol–water partition coefficient (Wildman–Crippen LogP) is 3.76. The van der Waals surface area contributed by atoms with Crippen molar-refractivity contribution in [2.75, 3.05) is 5.32 Å². The molecule has 5 heteroatoms. The Labute approximate surface area is 127 Å². The van der Waals surface area contributed by atoms with E-state index in [0.29, 0.717) is 5.82 Å². The molecule has 1 aromatic carbocycles. The first kappa shape index (κ1) is 12.5. The summed E-state index contributed by atoms with van der Waals surface area (Å²) in [5.41, 5.74) is 3.90. The van der Waals surface area contributed by atoms with Gasteiger partial charge in [-0.3, -0.25) is 9.97 Å². The van der Waals surface area contributed by atoms with E-state index in [-0.39, 0.29) is 0 Å². The molecule has 4 aromatic rings. The Hall–Kier alpha value is -3.21. The summed E-state index contributed by atoms with van der Waals surface area (Å²) in [6, 6.07) is 12.0. The highest BCUT2D eigenvalue weighted by molar-refractivity contribution is 5.83. The summed E-state index contributed by atoms with van der Waals surface area (Å²) in [5.74, 6) is 0.712. The molecule has 106 valence electrons. The van der Waals surface area contributed by atoms with Crippen LogP contribution in [0.1, 0.15) is 0 Å². The normalized spacial score (nSPS) is 10.7. The van der Waals surface area contributed by atoms with Crippen LogP contribution in [0.2, 0.25) is 0 Å². The van der Waals surface area contributed by atoms with Crippen molar-refractivity contribution in [3.63, 3.8) is 0 Å². The van der Waals surface area contributed by atoms with Gasteiger partial charge in [-0.2, -0.15) is 0 Å². The minimum atomic E-state index is 0.712. The van der Waals surface area contributed by atoms with Gasteiger partial charge in [0.05, 0.1) is 18.1 Å². The zero-order valence-electron chi connectivity index (χ0n) is 11.7. The Morgan fingerprint density at radius 3 is 2.73 bits per heavy atom. The number of anilines is 2. The average molecular weight is 287 g/mol. The first-order chi connectivity index (χ1) is 10.9. The zero-order valence-corrected chi connectivity index (χ0v) is 11.7. The maximum Gasteiger partial charge on any atom is 0.149 e. The Morgan fingerprint density at radius 1 is 0.909 bits per heavy atom. The van der Waals surface area contributed by atoms with Gasteiger partial charge in [0.25, 0.3) is 0 Å². The third-order valence-corrected chi connectivity index (χ3v) is 3.44. The number of hydrogen-bond acceptors (Lipinski definition) is 4. The fraction of sp³-hybridized carbons (Fsp3) is 0. The Balaban J connectivity index is 1.65. The van der Waals surface area contributed by atoms with E-state index in [0.717, 1.165) is 27.8 Å². The average Bonchev–Trinajstić information content (AvgIpc) is 3.04. The van der Waals surface area contributed by atoms with E-state index in [1.807, 2.05) is 36.5 Å². The molecule has 4 rings (SSSR count). The number of fused-ring (bicyclic) bond motifs is 1. The van der Waals surface area contributed by atoms with Crippen molar-refractivity contribution in [2.45, 2.75) is 0 Å². The Kier molecular flexibility index (Phi) is 3.01. The molecule has 0 aliphatic heterocycles. The number of H-pyrrole nitrogens is 1. The predicted molar refractivity (Wildman–Crippen MR) is 86.8 cm³/mol. The molecule has 0 saturated carbocycles. The number of nitrogens with one attached hydrogen (secondary N) is 2. The molecular weight excluding hydrogens is 274 g/mol. The molecule has 0 fully saturated rings. The molecule has 22 heavy (non-hydrogen) atoms. The van der Waals surface area contributed by atoms with Gasteiger partial charge in [-0.15, -0.1) is 0 Å². The van der Waals surface area contributed by atoms with E-state index in [9.17, 15) is 0 Å². The second-order valence-electron chi connectivity index (χ2n) is 4.93. The zero-order chi connectivity index (χ0) is 14.8. The number of nitrogens with zero attached hydrogens (tertiary/aromatic N) is 3. The van der Waals surface area contributed by atoms with Gasteiger partial charge in [-0.05, 0) is 36.4 Å². The van der Waals surface area contributed by atoms with Crippen LogP contribution in [0.15, 0.2) is 67.4 Å². The molecule has 0 aliphatic rings. The van der Waals surface area contributed by atoms with Crippen molar-refractivity contribution in [3.8, 4) is 11.3 Å². The molecule has 2 N–H and O–H groups in total. The number of rotatable bonds is 3. The van der Waals surface area contributed by atoms with Crippen LogP contribution in [0, 0.1) is 0 Å². The molecule has 3 aromatic heterocycles. The maximum atomic E-state index is 4.60. The van der Waals surface area contributed by atoms with Crippen molar-refractivity contribution >= 4 is 22.4 Å². The van der Waals surface area contributed by atoms with Crippen LogP contribution in [-0.4, -0.2) is 19.9 Å². The van der Waals surface area contributed by atoms with Crippen molar-refractivity contribution in [1.82, 2.24) is 19.9 Å². The molecule has 0 amide bonds. The number of aromatic nitrogens is 4. The second-order valence-corrected chi connectivity index (χ2v) is 4.93. The summed E-state index contributed by atoms with van der Waals surface area (Å²) in [5, 5.41) is 4.45. The van der Waals surface area contributed by atoms with E-state index in [2.05, 4.69) is 31.3 Å². The monoisotopic (exact) mass is 287 g/mol. The summed E-state index contributed by atoms with van der Waals surface area (Å²) in [4.78, 5) is 16.1. The topological polar surface area (TPSA) is 66.5 Å². The summed E-state index contributed by atoms with van der Waals surface area (Å²) < 4.78 is 0. The van der Waals surface area contributed by atoms with Crippen LogP contribution in [0.4, 0.5) is 11.5 Å². The summed E-state index contributed by atoms with van der Waals surface area (Å²) in [7, 11) is 0. The Morgan fingerprint density at radius 2 is 1.82 bits per heavy atom. The van der Waals surface area contributed by atoms with Gasteiger partial charge in [-0.1, -0.05) is 0 Å². The van der Waals surface area contributed by atoms with E-state index in [1.165, 1.54) is 0 Å². The number of benzene rings is 1. The van der Waals surface area contributed by atoms with Crippen molar-refractivity contribution < 1.29 is 0 Å². The minimum absolute atomic E-state index is 0.712. The fourth-order valence-corrected chi connectivity index (χ4v) is 2.37. The molecule has 5 nitrogen and oxygen atoms in total. The third-order valence-electron chi connectivity index (χ3n) is 3.44. The Bertz CT molecular complexity index is 914. The largest absolute Gasteiger partial charge is 0.361 e. The van der Waals surface area contributed by atoms with Crippen LogP contribution < -0.4 is 5.32 Å². The molecule has 0 atom stereocenters. The van der Waals surface area contributed by atoms with Gasteiger partial charge in [0.1, 0.15) is 5.82 Å². The van der Waals surface area contributed by atoms with Gasteiger partial charge in [-0.25, -0.2) is 4.98 Å². The SMILES string of the molecule is c1cc(-c2cncc(Nc3ccc4[nH]ccc4c3)n2)ccn1. The molecule has 0 unspecified atom stereocenters.